The molecule has 126 valence electrons. The number of para-hydroxylation sites is 1. The molecule has 2 heterocycles. The van der Waals surface area contributed by atoms with E-state index in [1.807, 2.05) is 43.1 Å². The number of benzene rings is 1. The second kappa shape index (κ2) is 6.03. The summed E-state index contributed by atoms with van der Waals surface area (Å²) >= 11 is 0. The number of hydrogen-bond acceptors (Lipinski definition) is 4. The van der Waals surface area contributed by atoms with Crippen LogP contribution in [0.15, 0.2) is 40.1 Å². The van der Waals surface area contributed by atoms with E-state index in [0.29, 0.717) is 17.8 Å². The Bertz CT molecular complexity index is 938. The van der Waals surface area contributed by atoms with Crippen molar-refractivity contribution in [3.8, 4) is 5.75 Å². The van der Waals surface area contributed by atoms with Crippen LogP contribution in [0.25, 0.3) is 5.57 Å². The van der Waals surface area contributed by atoms with E-state index in [0.717, 1.165) is 28.0 Å². The van der Waals surface area contributed by atoms with Crippen LogP contribution >= 0.6 is 0 Å². The summed E-state index contributed by atoms with van der Waals surface area (Å²) < 4.78 is 8.47. The molecule has 24 heavy (non-hydrogen) atoms. The molecule has 0 fully saturated rings. The highest BCUT2D eigenvalue weighted by Crippen LogP contribution is 2.30. The summed E-state index contributed by atoms with van der Waals surface area (Å²) in [5.74, 6) is 1.39. The number of anilines is 1. The van der Waals surface area contributed by atoms with Crippen LogP contribution in [0.5, 0.6) is 5.75 Å². The van der Waals surface area contributed by atoms with Crippen molar-refractivity contribution in [3.05, 3.63) is 62.5 Å². The maximum Gasteiger partial charge on any atom is 0.332 e. The van der Waals surface area contributed by atoms with Crippen molar-refractivity contribution in [1.82, 2.24) is 9.13 Å². The molecule has 0 unspecified atom stereocenters. The van der Waals surface area contributed by atoms with E-state index in [2.05, 4.69) is 0 Å². The van der Waals surface area contributed by atoms with Gasteiger partial charge in [-0.1, -0.05) is 18.2 Å². The molecule has 0 saturated heterocycles. The zero-order valence-electron chi connectivity index (χ0n) is 14.4. The molecule has 1 aromatic carbocycles. The average Bonchev–Trinajstić information content (AvgIpc) is 2.58. The largest absolute Gasteiger partial charge is 0.464 e. The third kappa shape index (κ3) is 2.54. The monoisotopic (exact) mass is 327 g/mol. The van der Waals surface area contributed by atoms with Gasteiger partial charge in [-0.25, -0.2) is 4.79 Å². The van der Waals surface area contributed by atoms with Gasteiger partial charge in [0.15, 0.2) is 0 Å². The number of aromatic nitrogens is 2. The first kappa shape index (κ1) is 16.1. The van der Waals surface area contributed by atoms with Crippen LogP contribution in [-0.4, -0.2) is 22.7 Å². The Hall–Kier alpha value is -2.76. The first-order valence-electron chi connectivity index (χ1n) is 7.84. The quantitative estimate of drug-likeness (QED) is 0.787. The summed E-state index contributed by atoms with van der Waals surface area (Å²) in [6.07, 6.45) is 2.32. The van der Waals surface area contributed by atoms with E-state index < -0.39 is 0 Å². The molecule has 6 nitrogen and oxygen atoms in total. The molecule has 0 atom stereocenters. The van der Waals surface area contributed by atoms with Crippen molar-refractivity contribution in [3.63, 3.8) is 0 Å². The highest BCUT2D eigenvalue weighted by Gasteiger charge is 2.26. The minimum atomic E-state index is -0.327. The van der Waals surface area contributed by atoms with Crippen LogP contribution < -0.4 is 20.9 Å². The van der Waals surface area contributed by atoms with Gasteiger partial charge in [0, 0.05) is 33.3 Å². The zero-order valence-corrected chi connectivity index (χ0v) is 14.4. The molecule has 1 aromatic heterocycles. The van der Waals surface area contributed by atoms with Crippen LogP contribution in [0.4, 0.5) is 5.82 Å². The predicted molar refractivity (Wildman–Crippen MR) is 94.6 cm³/mol. The van der Waals surface area contributed by atoms with Crippen LogP contribution in [0.1, 0.15) is 17.5 Å². The summed E-state index contributed by atoms with van der Waals surface area (Å²) in [6, 6.07) is 7.72. The van der Waals surface area contributed by atoms with E-state index in [1.165, 1.54) is 11.6 Å². The number of nitrogens with zero attached hydrogens (tertiary/aromatic N) is 3. The topological polar surface area (TPSA) is 56.5 Å². The normalized spacial score (nSPS) is 15.5. The van der Waals surface area contributed by atoms with Gasteiger partial charge in [0.05, 0.1) is 11.8 Å². The van der Waals surface area contributed by atoms with Crippen molar-refractivity contribution in [1.29, 1.82) is 0 Å². The first-order chi connectivity index (χ1) is 11.4. The summed E-state index contributed by atoms with van der Waals surface area (Å²) in [5.41, 5.74) is 1.74. The lowest BCUT2D eigenvalue weighted by atomic mass is 10.0. The summed E-state index contributed by atoms with van der Waals surface area (Å²) in [7, 11) is 5.07. The fraction of sp³-hybridized carbons (Fsp3) is 0.333. The molecule has 0 spiro atoms. The third-order valence-corrected chi connectivity index (χ3v) is 4.45. The zero-order chi connectivity index (χ0) is 17.4. The van der Waals surface area contributed by atoms with Crippen molar-refractivity contribution >= 4 is 11.4 Å². The van der Waals surface area contributed by atoms with Gasteiger partial charge in [0.25, 0.3) is 5.56 Å². The molecular formula is C18H21N3O3. The number of fused-ring (bicyclic) bond motifs is 1. The smallest absolute Gasteiger partial charge is 0.332 e. The van der Waals surface area contributed by atoms with Crippen LogP contribution in [0, 0.1) is 6.92 Å². The Kier molecular flexibility index (Phi) is 4.05. The molecule has 0 amide bonds. The lowest BCUT2D eigenvalue weighted by Gasteiger charge is -2.30. The molecule has 3 rings (SSSR count). The van der Waals surface area contributed by atoms with Crippen molar-refractivity contribution in [2.24, 2.45) is 14.1 Å². The predicted octanol–water partition coefficient (Wildman–Crippen LogP) is 1.65. The Balaban J connectivity index is 2.13. The molecule has 1 aliphatic rings. The molecule has 1 aliphatic heterocycles. The van der Waals surface area contributed by atoms with E-state index in [4.69, 9.17) is 4.74 Å². The lowest BCUT2D eigenvalue weighted by molar-refractivity contribution is 0.477. The van der Waals surface area contributed by atoms with E-state index in [-0.39, 0.29) is 11.2 Å². The van der Waals surface area contributed by atoms with E-state index >= 15 is 0 Å². The van der Waals surface area contributed by atoms with Crippen LogP contribution in [0.2, 0.25) is 0 Å². The van der Waals surface area contributed by atoms with Gasteiger partial charge >= 0.3 is 5.69 Å². The van der Waals surface area contributed by atoms with Gasteiger partial charge in [-0.15, -0.1) is 0 Å². The number of aryl methyl sites for hydroxylation is 1. The van der Waals surface area contributed by atoms with Crippen molar-refractivity contribution in [2.45, 2.75) is 13.3 Å². The average molecular weight is 327 g/mol. The molecule has 6 heteroatoms. The number of ether oxygens (including phenoxy) is 1. The Morgan fingerprint density at radius 3 is 2.50 bits per heavy atom. The highest BCUT2D eigenvalue weighted by molar-refractivity contribution is 5.76. The Morgan fingerprint density at radius 1 is 1.08 bits per heavy atom. The first-order valence-corrected chi connectivity index (χ1v) is 7.84. The van der Waals surface area contributed by atoms with Crippen molar-refractivity contribution in [2.75, 3.05) is 18.5 Å². The molecule has 0 aliphatic carbocycles. The van der Waals surface area contributed by atoms with Crippen LogP contribution in [0.3, 0.4) is 0 Å². The molecule has 2 aromatic rings. The molecule has 0 saturated carbocycles. The summed E-state index contributed by atoms with van der Waals surface area (Å²) in [4.78, 5) is 26.8. The third-order valence-electron chi connectivity index (χ3n) is 4.45. The summed E-state index contributed by atoms with van der Waals surface area (Å²) in [6.45, 7) is 2.69. The van der Waals surface area contributed by atoms with Gasteiger partial charge in [0.1, 0.15) is 11.6 Å². The maximum atomic E-state index is 12.6. The van der Waals surface area contributed by atoms with Crippen molar-refractivity contribution < 1.29 is 4.74 Å². The minimum Gasteiger partial charge on any atom is -0.464 e. The van der Waals surface area contributed by atoms with Gasteiger partial charge in [0.2, 0.25) is 0 Å². The second-order valence-corrected chi connectivity index (χ2v) is 6.10. The SMILES string of the molecule is Cc1ccccc1O/C=C1\CCN(C)c2c1c(=O)n(C)c(=O)n2C. The van der Waals surface area contributed by atoms with E-state index in [1.54, 1.807) is 13.3 Å². The van der Waals surface area contributed by atoms with E-state index in [9.17, 15) is 9.59 Å². The molecule has 0 N–H and O–H groups in total. The summed E-state index contributed by atoms with van der Waals surface area (Å²) in [5, 5.41) is 0. The van der Waals surface area contributed by atoms with Gasteiger partial charge in [-0.05, 0) is 25.0 Å². The highest BCUT2D eigenvalue weighted by atomic mass is 16.5. The van der Waals surface area contributed by atoms with Gasteiger partial charge < -0.3 is 9.64 Å². The second-order valence-electron chi connectivity index (χ2n) is 6.10. The number of rotatable bonds is 2. The fourth-order valence-corrected chi connectivity index (χ4v) is 3.02. The Morgan fingerprint density at radius 2 is 1.79 bits per heavy atom. The molecule has 0 radical (unpaired) electrons. The fourth-order valence-electron chi connectivity index (χ4n) is 3.02. The lowest BCUT2D eigenvalue weighted by Crippen LogP contribution is -2.44. The molecule has 0 bridgehead atoms. The minimum absolute atomic E-state index is 0.292. The van der Waals surface area contributed by atoms with Gasteiger partial charge in [-0.3, -0.25) is 13.9 Å². The maximum absolute atomic E-state index is 12.6. The number of hydrogen-bond donors (Lipinski definition) is 0. The van der Waals surface area contributed by atoms with Gasteiger partial charge in [-0.2, -0.15) is 0 Å². The Labute approximate surface area is 140 Å². The molecular weight excluding hydrogens is 306 g/mol. The van der Waals surface area contributed by atoms with Crippen LogP contribution in [-0.2, 0) is 14.1 Å². The standard InChI is InChI=1S/C18H21N3O3/c1-12-7-5-6-8-14(12)24-11-13-9-10-19(2)16-15(13)17(22)21(4)18(23)20(16)3/h5-8,11H,9-10H2,1-4H3/b13-11+.